The van der Waals surface area contributed by atoms with Gasteiger partial charge in [-0.05, 0) is 82.5 Å². The van der Waals surface area contributed by atoms with Gasteiger partial charge in [-0.2, -0.15) is 0 Å². The monoisotopic (exact) mass is 529 g/mol. The molecule has 208 valence electrons. The molecule has 10 heteroatoms. The third-order valence-corrected chi connectivity index (χ3v) is 5.52. The molecule has 0 aromatic heterocycles. The highest BCUT2D eigenvalue weighted by Gasteiger charge is 2.36. The maximum atomic E-state index is 14.0. The third-order valence-electron chi connectivity index (χ3n) is 5.52. The van der Waals surface area contributed by atoms with Gasteiger partial charge in [-0.1, -0.05) is 18.2 Å². The van der Waals surface area contributed by atoms with Crippen LogP contribution in [-0.4, -0.2) is 69.0 Å². The van der Waals surface area contributed by atoms with Crippen LogP contribution in [0.5, 0.6) is 11.5 Å². The molecule has 0 aliphatic carbocycles. The number of aliphatic hydroxyl groups excluding tert-OH is 1. The van der Waals surface area contributed by atoms with Crippen LogP contribution in [-0.2, 0) is 20.7 Å². The first kappa shape index (κ1) is 30.4. The molecular formula is C28H39N3O7. The number of nitrogens with zero attached hydrogens (tertiary/aromatic N) is 1. The van der Waals surface area contributed by atoms with E-state index in [4.69, 9.17) is 4.74 Å². The van der Waals surface area contributed by atoms with Crippen molar-refractivity contribution in [2.75, 3.05) is 13.2 Å². The van der Waals surface area contributed by atoms with Gasteiger partial charge in [-0.3, -0.25) is 9.59 Å². The molecule has 0 aliphatic heterocycles. The maximum Gasteiger partial charge on any atom is 0.408 e. The number of aliphatic hydroxyl groups is 1. The number of hydrogen-bond acceptors (Lipinski definition) is 7. The largest absolute Gasteiger partial charge is 0.508 e. The van der Waals surface area contributed by atoms with E-state index >= 15 is 0 Å². The van der Waals surface area contributed by atoms with Gasteiger partial charge < -0.3 is 35.6 Å². The molecule has 3 amide bonds. The molecule has 0 saturated heterocycles. The maximum absolute atomic E-state index is 14.0. The average Bonchev–Trinajstić information content (AvgIpc) is 2.80. The molecule has 5 N–H and O–H groups in total. The minimum Gasteiger partial charge on any atom is -0.508 e. The Bertz CT molecular complexity index is 1110. The number of amides is 3. The van der Waals surface area contributed by atoms with Crippen LogP contribution in [0.15, 0.2) is 42.5 Å². The van der Waals surface area contributed by atoms with Gasteiger partial charge in [0.2, 0.25) is 11.8 Å². The highest BCUT2D eigenvalue weighted by atomic mass is 16.6. The van der Waals surface area contributed by atoms with Crippen LogP contribution in [0.3, 0.4) is 0 Å². The third kappa shape index (κ3) is 8.95. The lowest BCUT2D eigenvalue weighted by Gasteiger charge is -2.34. The molecule has 0 saturated carbocycles. The summed E-state index contributed by atoms with van der Waals surface area (Å²) in [6, 6.07) is 8.21. The molecule has 2 rings (SSSR count). The number of hydrogen-bond donors (Lipinski definition) is 5. The molecular weight excluding hydrogens is 490 g/mol. The van der Waals surface area contributed by atoms with Crippen molar-refractivity contribution in [1.29, 1.82) is 0 Å². The first-order chi connectivity index (χ1) is 17.7. The zero-order valence-electron chi connectivity index (χ0n) is 22.8. The molecule has 0 spiro atoms. The summed E-state index contributed by atoms with van der Waals surface area (Å²) in [6.07, 6.45) is -0.782. The summed E-state index contributed by atoms with van der Waals surface area (Å²) in [4.78, 5) is 41.4. The van der Waals surface area contributed by atoms with Crippen molar-refractivity contribution in [1.82, 2.24) is 15.5 Å². The van der Waals surface area contributed by atoms with Gasteiger partial charge >= 0.3 is 6.09 Å². The van der Waals surface area contributed by atoms with Crippen LogP contribution in [0.1, 0.15) is 57.4 Å². The van der Waals surface area contributed by atoms with Gasteiger partial charge in [-0.15, -0.1) is 0 Å². The topological polar surface area (TPSA) is 148 Å². The Morgan fingerprint density at radius 1 is 1.00 bits per heavy atom. The van der Waals surface area contributed by atoms with Crippen LogP contribution in [0.2, 0.25) is 0 Å². The van der Waals surface area contributed by atoms with Crippen LogP contribution in [0.25, 0.3) is 0 Å². The molecule has 0 bridgehead atoms. The predicted molar refractivity (Wildman–Crippen MR) is 143 cm³/mol. The van der Waals surface area contributed by atoms with Gasteiger partial charge in [0.15, 0.2) is 0 Å². The van der Waals surface area contributed by atoms with Crippen molar-refractivity contribution in [3.05, 3.63) is 59.2 Å². The van der Waals surface area contributed by atoms with Crippen LogP contribution in [0.4, 0.5) is 4.79 Å². The number of benzene rings is 2. The fourth-order valence-corrected chi connectivity index (χ4v) is 3.88. The van der Waals surface area contributed by atoms with E-state index in [9.17, 15) is 29.7 Å². The Morgan fingerprint density at radius 2 is 1.63 bits per heavy atom. The van der Waals surface area contributed by atoms with Gasteiger partial charge in [0.25, 0.3) is 0 Å². The Morgan fingerprint density at radius 3 is 2.16 bits per heavy atom. The molecule has 0 aliphatic rings. The van der Waals surface area contributed by atoms with Crippen molar-refractivity contribution in [2.24, 2.45) is 0 Å². The molecule has 2 unspecified atom stereocenters. The number of ether oxygens (including phenoxy) is 1. The van der Waals surface area contributed by atoms with E-state index in [1.54, 1.807) is 65.8 Å². The molecule has 0 fully saturated rings. The Labute approximate surface area is 223 Å². The van der Waals surface area contributed by atoms with Gasteiger partial charge in [0.05, 0.1) is 6.61 Å². The summed E-state index contributed by atoms with van der Waals surface area (Å²) in [6.45, 7) is 9.69. The van der Waals surface area contributed by atoms with Crippen LogP contribution < -0.4 is 10.6 Å². The van der Waals surface area contributed by atoms with Crippen LogP contribution >= 0.6 is 0 Å². The number of phenols is 2. The summed E-state index contributed by atoms with van der Waals surface area (Å²) < 4.78 is 5.37. The van der Waals surface area contributed by atoms with Crippen molar-refractivity contribution in [3.63, 3.8) is 0 Å². The lowest BCUT2D eigenvalue weighted by molar-refractivity contribution is -0.143. The molecule has 0 radical (unpaired) electrons. The number of alkyl carbamates (subject to hydrolysis) is 1. The highest BCUT2D eigenvalue weighted by Crippen LogP contribution is 2.27. The zero-order valence-corrected chi connectivity index (χ0v) is 22.8. The van der Waals surface area contributed by atoms with E-state index in [0.29, 0.717) is 16.7 Å². The smallest absolute Gasteiger partial charge is 0.408 e. The number of rotatable bonds is 10. The molecule has 2 aromatic rings. The fraction of sp³-hybridized carbons (Fsp3) is 0.464. The number of carbonyl (C=O) groups excluding carboxylic acids is 3. The second kappa shape index (κ2) is 13.1. The van der Waals surface area contributed by atoms with E-state index in [0.717, 1.165) is 0 Å². The SMILES string of the molecule is Cc1cc(C(C(=O)NC(C)C)N(CCO)C(=O)C(Cc2ccc(O)cc2)NC(=O)OC(C)(C)C)ccc1O. The lowest BCUT2D eigenvalue weighted by Crippen LogP contribution is -2.54. The molecule has 10 nitrogen and oxygen atoms in total. The lowest BCUT2D eigenvalue weighted by atomic mass is 9.98. The summed E-state index contributed by atoms with van der Waals surface area (Å²) in [5, 5.41) is 35.0. The number of aromatic hydroxyl groups is 2. The summed E-state index contributed by atoms with van der Waals surface area (Å²) >= 11 is 0. The second-order valence-corrected chi connectivity index (χ2v) is 10.4. The van der Waals surface area contributed by atoms with E-state index in [1.807, 2.05) is 0 Å². The van der Waals surface area contributed by atoms with Crippen molar-refractivity contribution in [2.45, 2.75) is 71.7 Å². The summed E-state index contributed by atoms with van der Waals surface area (Å²) in [5.41, 5.74) is 0.768. The second-order valence-electron chi connectivity index (χ2n) is 10.4. The van der Waals surface area contributed by atoms with E-state index < -0.39 is 42.2 Å². The van der Waals surface area contributed by atoms with Gasteiger partial charge in [0.1, 0.15) is 29.2 Å². The quantitative estimate of drug-likeness (QED) is 0.318. The Hall–Kier alpha value is -3.79. The number of phenolic OH excluding ortho intramolecular Hbond substituents is 2. The summed E-state index contributed by atoms with van der Waals surface area (Å²) in [5.74, 6) is -1.01. The minimum atomic E-state index is -1.16. The average molecular weight is 530 g/mol. The molecule has 38 heavy (non-hydrogen) atoms. The number of nitrogens with one attached hydrogen (secondary N) is 2. The van der Waals surface area contributed by atoms with Gasteiger partial charge in [0, 0.05) is 19.0 Å². The molecule has 0 heterocycles. The predicted octanol–water partition coefficient (Wildman–Crippen LogP) is 2.93. The van der Waals surface area contributed by atoms with E-state index in [2.05, 4.69) is 10.6 Å². The number of carbonyl (C=O) groups is 3. The Balaban J connectivity index is 2.54. The van der Waals surface area contributed by atoms with Gasteiger partial charge in [-0.25, -0.2) is 4.79 Å². The van der Waals surface area contributed by atoms with Crippen molar-refractivity contribution in [3.8, 4) is 11.5 Å². The first-order valence-electron chi connectivity index (χ1n) is 12.5. The Kier molecular flexibility index (Phi) is 10.5. The first-order valence-corrected chi connectivity index (χ1v) is 12.5. The van der Waals surface area contributed by atoms with Crippen molar-refractivity contribution >= 4 is 17.9 Å². The standard InChI is InChI=1S/C28H39N3O7/c1-17(2)29-25(35)24(20-9-12-23(34)18(3)15-20)31(13-14-32)26(36)22(30-27(37)38-28(4,5)6)16-19-7-10-21(33)11-8-19/h7-12,15,17,22,24,32-34H,13-14,16H2,1-6H3,(H,29,35)(H,30,37). The fourth-order valence-electron chi connectivity index (χ4n) is 3.88. The zero-order chi connectivity index (χ0) is 28.6. The summed E-state index contributed by atoms with van der Waals surface area (Å²) in [7, 11) is 0. The molecule has 2 aromatic carbocycles. The van der Waals surface area contributed by atoms with Crippen molar-refractivity contribution < 1.29 is 34.4 Å². The normalized spacial score (nSPS) is 12.9. The molecule has 2 atom stereocenters. The highest BCUT2D eigenvalue weighted by molar-refractivity contribution is 5.92. The number of aryl methyl sites for hydroxylation is 1. The van der Waals surface area contributed by atoms with E-state index in [-0.39, 0.29) is 30.5 Å². The van der Waals surface area contributed by atoms with E-state index in [1.165, 1.54) is 23.1 Å². The van der Waals surface area contributed by atoms with Crippen LogP contribution in [0, 0.1) is 6.92 Å². The minimum absolute atomic E-state index is 0.0351.